The number of benzene rings is 1. The van der Waals surface area contributed by atoms with Crippen molar-refractivity contribution in [3.63, 3.8) is 0 Å². The van der Waals surface area contributed by atoms with Crippen molar-refractivity contribution >= 4 is 31.6 Å². The normalized spacial score (nSPS) is 21.9. The van der Waals surface area contributed by atoms with Crippen LogP contribution in [0.3, 0.4) is 0 Å². The van der Waals surface area contributed by atoms with Gasteiger partial charge >= 0.3 is 0 Å². The molecule has 1 unspecified atom stereocenters. The molecular formula is C10H13BrN2O3S. The van der Waals surface area contributed by atoms with E-state index in [0.717, 1.165) is 4.47 Å². The van der Waals surface area contributed by atoms with Crippen LogP contribution in [0.25, 0.3) is 0 Å². The Kier molecular flexibility index (Phi) is 3.44. The van der Waals surface area contributed by atoms with Crippen molar-refractivity contribution in [1.82, 2.24) is 4.31 Å². The maximum absolute atomic E-state index is 12.2. The lowest BCUT2D eigenvalue weighted by atomic mass is 10.3. The van der Waals surface area contributed by atoms with Crippen molar-refractivity contribution in [3.8, 4) is 0 Å². The van der Waals surface area contributed by atoms with Gasteiger partial charge in [-0.1, -0.05) is 15.9 Å². The SMILES string of the molecule is Nc1cc(Br)ccc1S(=O)(=O)N1CCC(O)C1. The van der Waals surface area contributed by atoms with Gasteiger partial charge in [0, 0.05) is 17.6 Å². The van der Waals surface area contributed by atoms with Crippen LogP contribution in [-0.2, 0) is 10.0 Å². The summed E-state index contributed by atoms with van der Waals surface area (Å²) < 4.78 is 26.5. The van der Waals surface area contributed by atoms with Gasteiger partial charge in [0.2, 0.25) is 10.0 Å². The maximum Gasteiger partial charge on any atom is 0.245 e. The molecule has 0 amide bonds. The quantitative estimate of drug-likeness (QED) is 0.789. The highest BCUT2D eigenvalue weighted by atomic mass is 79.9. The third-order valence-corrected chi connectivity index (χ3v) is 5.15. The first-order valence-electron chi connectivity index (χ1n) is 5.14. The molecule has 2 rings (SSSR count). The molecule has 94 valence electrons. The minimum absolute atomic E-state index is 0.0924. The first kappa shape index (κ1) is 12.8. The van der Waals surface area contributed by atoms with Crippen LogP contribution < -0.4 is 5.73 Å². The van der Waals surface area contributed by atoms with E-state index >= 15 is 0 Å². The second-order valence-electron chi connectivity index (χ2n) is 3.99. The van der Waals surface area contributed by atoms with Crippen molar-refractivity contribution in [2.75, 3.05) is 18.8 Å². The average molecular weight is 321 g/mol. The summed E-state index contributed by atoms with van der Waals surface area (Å²) in [6.07, 6.45) is -0.114. The number of nitrogens with two attached hydrogens (primary N) is 1. The molecule has 0 radical (unpaired) electrons. The lowest BCUT2D eigenvalue weighted by Crippen LogP contribution is -2.30. The first-order chi connectivity index (χ1) is 7.91. The van der Waals surface area contributed by atoms with Crippen LogP contribution in [0.1, 0.15) is 6.42 Å². The monoisotopic (exact) mass is 320 g/mol. The lowest BCUT2D eigenvalue weighted by Gasteiger charge is -2.17. The van der Waals surface area contributed by atoms with Gasteiger partial charge < -0.3 is 10.8 Å². The van der Waals surface area contributed by atoms with Gasteiger partial charge in [-0.2, -0.15) is 4.31 Å². The van der Waals surface area contributed by atoms with Crippen molar-refractivity contribution in [3.05, 3.63) is 22.7 Å². The molecule has 17 heavy (non-hydrogen) atoms. The molecule has 0 aromatic heterocycles. The van der Waals surface area contributed by atoms with Crippen molar-refractivity contribution in [2.45, 2.75) is 17.4 Å². The van der Waals surface area contributed by atoms with E-state index < -0.39 is 16.1 Å². The summed E-state index contributed by atoms with van der Waals surface area (Å²) in [6, 6.07) is 4.66. The molecule has 1 aromatic rings. The van der Waals surface area contributed by atoms with Gasteiger partial charge in [-0.05, 0) is 24.6 Å². The molecule has 1 fully saturated rings. The molecule has 1 saturated heterocycles. The van der Waals surface area contributed by atoms with Crippen LogP contribution >= 0.6 is 15.9 Å². The van der Waals surface area contributed by atoms with E-state index in [1.807, 2.05) is 0 Å². The molecule has 1 atom stereocenters. The zero-order valence-corrected chi connectivity index (χ0v) is 11.4. The highest BCUT2D eigenvalue weighted by Gasteiger charge is 2.32. The number of rotatable bonds is 2. The lowest BCUT2D eigenvalue weighted by molar-refractivity contribution is 0.189. The molecule has 0 aliphatic carbocycles. The van der Waals surface area contributed by atoms with Gasteiger partial charge in [-0.15, -0.1) is 0 Å². The third kappa shape index (κ3) is 2.47. The summed E-state index contributed by atoms with van der Waals surface area (Å²) in [6.45, 7) is 0.469. The van der Waals surface area contributed by atoms with Crippen LogP contribution in [-0.4, -0.2) is 37.0 Å². The summed E-state index contributed by atoms with van der Waals surface area (Å²) in [5, 5.41) is 9.38. The second kappa shape index (κ2) is 4.56. The predicted molar refractivity (Wildman–Crippen MR) is 67.9 cm³/mol. The highest BCUT2D eigenvalue weighted by molar-refractivity contribution is 9.10. The number of β-amino-alcohol motifs (C(OH)–C–C–N with tert-alkyl or cyclic N) is 1. The topological polar surface area (TPSA) is 83.6 Å². The number of halogens is 1. The zero-order valence-electron chi connectivity index (χ0n) is 9.01. The number of nitrogens with zero attached hydrogens (tertiary/aromatic N) is 1. The molecule has 0 saturated carbocycles. The molecule has 5 nitrogen and oxygen atoms in total. The molecule has 0 bridgehead atoms. The Morgan fingerprint density at radius 2 is 2.18 bits per heavy atom. The predicted octanol–water partition coefficient (Wildman–Crippen LogP) is 0.787. The number of nitrogen functional groups attached to an aromatic ring is 1. The van der Waals surface area contributed by atoms with E-state index in [4.69, 9.17) is 5.73 Å². The molecule has 0 spiro atoms. The third-order valence-electron chi connectivity index (χ3n) is 2.72. The summed E-state index contributed by atoms with van der Waals surface area (Å²) >= 11 is 3.23. The van der Waals surface area contributed by atoms with E-state index in [2.05, 4.69) is 15.9 Å². The van der Waals surface area contributed by atoms with Gasteiger partial charge in [-0.25, -0.2) is 8.42 Å². The van der Waals surface area contributed by atoms with Crippen LogP contribution in [0.2, 0.25) is 0 Å². The van der Waals surface area contributed by atoms with Gasteiger partial charge in [-0.3, -0.25) is 0 Å². The fraction of sp³-hybridized carbons (Fsp3) is 0.400. The fourth-order valence-corrected chi connectivity index (χ4v) is 3.79. The molecule has 1 heterocycles. The van der Waals surface area contributed by atoms with Gasteiger partial charge in [0.15, 0.2) is 0 Å². The molecule has 7 heteroatoms. The summed E-state index contributed by atoms with van der Waals surface area (Å²) in [5.41, 5.74) is 5.92. The number of aliphatic hydroxyl groups excluding tert-OH is 1. The van der Waals surface area contributed by atoms with Crippen LogP contribution in [0.15, 0.2) is 27.6 Å². The number of aliphatic hydroxyl groups is 1. The van der Waals surface area contributed by atoms with E-state index in [1.54, 1.807) is 12.1 Å². The maximum atomic E-state index is 12.2. The van der Waals surface area contributed by atoms with Crippen molar-refractivity contribution in [1.29, 1.82) is 0 Å². The Hall–Kier alpha value is -0.630. The molecule has 1 aromatic carbocycles. The smallest absolute Gasteiger partial charge is 0.245 e. The largest absolute Gasteiger partial charge is 0.398 e. The molecule has 3 N–H and O–H groups in total. The summed E-state index contributed by atoms with van der Waals surface area (Å²) in [4.78, 5) is 0.0924. The highest BCUT2D eigenvalue weighted by Crippen LogP contribution is 2.27. The van der Waals surface area contributed by atoms with Gasteiger partial charge in [0.05, 0.1) is 11.8 Å². The Morgan fingerprint density at radius 3 is 2.71 bits per heavy atom. The Morgan fingerprint density at radius 1 is 1.47 bits per heavy atom. The van der Waals surface area contributed by atoms with Crippen LogP contribution in [0.4, 0.5) is 5.69 Å². The number of sulfonamides is 1. The van der Waals surface area contributed by atoms with E-state index in [-0.39, 0.29) is 17.1 Å². The zero-order chi connectivity index (χ0) is 12.6. The first-order valence-corrected chi connectivity index (χ1v) is 7.38. The van der Waals surface area contributed by atoms with Crippen LogP contribution in [0, 0.1) is 0 Å². The Bertz CT molecular complexity index is 532. The standard InChI is InChI=1S/C10H13BrN2O3S/c11-7-1-2-10(9(12)5-7)17(15,16)13-4-3-8(14)6-13/h1-2,5,8,14H,3-4,6,12H2. The minimum Gasteiger partial charge on any atom is -0.398 e. The molecular weight excluding hydrogens is 308 g/mol. The van der Waals surface area contributed by atoms with Gasteiger partial charge in [0.25, 0.3) is 0 Å². The van der Waals surface area contributed by atoms with Crippen molar-refractivity contribution in [2.24, 2.45) is 0 Å². The van der Waals surface area contributed by atoms with E-state index in [9.17, 15) is 13.5 Å². The fourth-order valence-electron chi connectivity index (χ4n) is 1.82. The Balaban J connectivity index is 2.38. The summed E-state index contributed by atoms with van der Waals surface area (Å²) in [7, 11) is -3.59. The van der Waals surface area contributed by atoms with E-state index in [1.165, 1.54) is 10.4 Å². The van der Waals surface area contributed by atoms with Gasteiger partial charge in [0.1, 0.15) is 4.90 Å². The molecule has 1 aliphatic rings. The van der Waals surface area contributed by atoms with Crippen LogP contribution in [0.5, 0.6) is 0 Å². The number of hydrogen-bond donors (Lipinski definition) is 2. The van der Waals surface area contributed by atoms with E-state index in [0.29, 0.717) is 13.0 Å². The van der Waals surface area contributed by atoms with Crippen molar-refractivity contribution < 1.29 is 13.5 Å². The number of hydrogen-bond acceptors (Lipinski definition) is 4. The second-order valence-corrected chi connectivity index (χ2v) is 6.81. The Labute approximate surface area is 108 Å². The molecule has 1 aliphatic heterocycles. The number of anilines is 1. The summed E-state index contributed by atoms with van der Waals surface area (Å²) in [5.74, 6) is 0. The average Bonchev–Trinajstić information content (AvgIpc) is 2.64. The minimum atomic E-state index is -3.59.